The molecule has 0 aliphatic heterocycles. The van der Waals surface area contributed by atoms with Gasteiger partial charge in [0.2, 0.25) is 0 Å². The summed E-state index contributed by atoms with van der Waals surface area (Å²) in [6.07, 6.45) is 0. The van der Waals surface area contributed by atoms with Gasteiger partial charge in [0.25, 0.3) is 0 Å². The minimum atomic E-state index is 0.580. The molecule has 0 aliphatic carbocycles. The lowest BCUT2D eigenvalue weighted by atomic mass is 10.00. The summed E-state index contributed by atoms with van der Waals surface area (Å²) < 4.78 is 9.57. The molecular formula is C95H59N7. The van der Waals surface area contributed by atoms with Crippen molar-refractivity contribution in [1.29, 1.82) is 5.26 Å². The number of benzene rings is 15. The van der Waals surface area contributed by atoms with Gasteiger partial charge in [-0.3, -0.25) is 0 Å². The number of nitriles is 1. The molecular weight excluding hydrogens is 1240 g/mol. The van der Waals surface area contributed by atoms with E-state index in [1.807, 2.05) is 24.3 Å². The summed E-state index contributed by atoms with van der Waals surface area (Å²) in [6, 6.07) is 131. The summed E-state index contributed by atoms with van der Waals surface area (Å²) in [7, 11) is 0. The fourth-order valence-electron chi connectivity index (χ4n) is 15.8. The second kappa shape index (κ2) is 23.7. The molecule has 0 atom stereocenters. The molecule has 0 saturated carbocycles. The van der Waals surface area contributed by atoms with Crippen molar-refractivity contribution in [3.63, 3.8) is 0 Å². The first kappa shape index (κ1) is 58.2. The maximum Gasteiger partial charge on any atom is 0.160 e. The number of fused-ring (bicyclic) bond motifs is 12. The van der Waals surface area contributed by atoms with E-state index in [4.69, 9.17) is 9.97 Å². The van der Waals surface area contributed by atoms with Crippen molar-refractivity contribution >= 4 is 87.2 Å². The van der Waals surface area contributed by atoms with Crippen molar-refractivity contribution in [3.8, 4) is 107 Å². The van der Waals surface area contributed by atoms with Crippen LogP contribution in [0.5, 0.6) is 0 Å². The Hall–Kier alpha value is -13.9. The van der Waals surface area contributed by atoms with Crippen LogP contribution in [0, 0.1) is 11.3 Å². The molecule has 102 heavy (non-hydrogen) atoms. The maximum atomic E-state index is 9.74. The highest BCUT2D eigenvalue weighted by atomic mass is 15.0. The normalized spacial score (nSPS) is 11.7. The molecule has 20 rings (SSSR count). The van der Waals surface area contributed by atoms with Gasteiger partial charge in [-0.2, -0.15) is 5.26 Å². The SMILES string of the molecule is N#Cc1ccc(-c2nc(-c3ccc(-c4cccc(-n5c6ccccc6c6cc(-c7ccc8c9ccccc9n(-c9ccccc9)c8c7)ccc65)c4)cc3)cc(-c3ccc(-c4cccc(-n5c6ccccc6c6cc(-c7ccc8c9ccccc9n(-c9ccccc9)c8c7)ccc65)c4)cc3)n2)cc1. The first-order chi connectivity index (χ1) is 50.5. The van der Waals surface area contributed by atoms with E-state index in [2.05, 4.69) is 358 Å². The number of para-hydroxylation sites is 6. The molecule has 0 spiro atoms. The zero-order valence-electron chi connectivity index (χ0n) is 55.2. The average Bonchev–Trinajstić information content (AvgIpc) is 1.59. The second-order valence-electron chi connectivity index (χ2n) is 26.4. The largest absolute Gasteiger partial charge is 0.309 e. The van der Waals surface area contributed by atoms with Crippen molar-refractivity contribution in [2.24, 2.45) is 0 Å². The Bertz CT molecular complexity index is 6400. The number of hydrogen-bond donors (Lipinski definition) is 0. The number of aromatic nitrogens is 6. The molecule has 0 radical (unpaired) electrons. The van der Waals surface area contributed by atoms with Crippen LogP contribution in [0.1, 0.15) is 5.56 Å². The van der Waals surface area contributed by atoms with E-state index < -0.39 is 0 Å². The predicted molar refractivity (Wildman–Crippen MR) is 422 cm³/mol. The molecule has 7 nitrogen and oxygen atoms in total. The van der Waals surface area contributed by atoms with Gasteiger partial charge in [0.15, 0.2) is 5.82 Å². The molecule has 7 heteroatoms. The van der Waals surface area contributed by atoms with Crippen LogP contribution in [0.15, 0.2) is 358 Å². The average molecular weight is 1300 g/mol. The molecule has 0 unspecified atom stereocenters. The molecule has 0 bridgehead atoms. The molecule has 474 valence electrons. The second-order valence-corrected chi connectivity index (χ2v) is 26.4. The van der Waals surface area contributed by atoms with Crippen LogP contribution >= 0.6 is 0 Å². The lowest BCUT2D eigenvalue weighted by Crippen LogP contribution is -1.96. The molecule has 0 N–H and O–H groups in total. The van der Waals surface area contributed by atoms with Crippen molar-refractivity contribution in [2.45, 2.75) is 0 Å². The third-order valence-electron chi connectivity index (χ3n) is 20.6. The van der Waals surface area contributed by atoms with E-state index in [9.17, 15) is 5.26 Å². The number of hydrogen-bond acceptors (Lipinski definition) is 3. The molecule has 5 heterocycles. The van der Waals surface area contributed by atoms with E-state index in [1.54, 1.807) is 0 Å². The Morgan fingerprint density at radius 2 is 0.500 bits per heavy atom. The highest BCUT2D eigenvalue weighted by Gasteiger charge is 2.21. The Balaban J connectivity index is 0.608. The van der Waals surface area contributed by atoms with Gasteiger partial charge < -0.3 is 18.3 Å². The fourth-order valence-corrected chi connectivity index (χ4v) is 15.8. The van der Waals surface area contributed by atoms with Gasteiger partial charge in [-0.1, -0.05) is 218 Å². The van der Waals surface area contributed by atoms with Crippen molar-refractivity contribution in [2.75, 3.05) is 0 Å². The molecule has 0 fully saturated rings. The molecule has 20 aromatic rings. The Morgan fingerprint density at radius 1 is 0.196 bits per heavy atom. The first-order valence-corrected chi connectivity index (χ1v) is 34.6. The highest BCUT2D eigenvalue weighted by Crippen LogP contribution is 2.43. The van der Waals surface area contributed by atoms with E-state index in [0.29, 0.717) is 11.4 Å². The quantitative estimate of drug-likeness (QED) is 0.130. The van der Waals surface area contributed by atoms with Crippen molar-refractivity contribution in [1.82, 2.24) is 28.2 Å². The van der Waals surface area contributed by atoms with Crippen molar-refractivity contribution < 1.29 is 0 Å². The number of rotatable bonds is 11. The van der Waals surface area contributed by atoms with E-state index in [-0.39, 0.29) is 0 Å². The van der Waals surface area contributed by atoms with Gasteiger partial charge in [-0.05, 0) is 184 Å². The maximum absolute atomic E-state index is 9.74. The molecule has 15 aromatic carbocycles. The summed E-state index contributed by atoms with van der Waals surface area (Å²) in [6.45, 7) is 0. The highest BCUT2D eigenvalue weighted by molar-refractivity contribution is 6.15. The smallest absolute Gasteiger partial charge is 0.160 e. The van der Waals surface area contributed by atoms with Gasteiger partial charge in [0.1, 0.15) is 0 Å². The summed E-state index contributed by atoms with van der Waals surface area (Å²) in [5.74, 6) is 0.582. The Labute approximate surface area is 587 Å². The van der Waals surface area contributed by atoms with E-state index in [0.717, 1.165) is 95.1 Å². The third-order valence-corrected chi connectivity index (χ3v) is 20.6. The van der Waals surface area contributed by atoms with Gasteiger partial charge in [0.05, 0.1) is 67.2 Å². The fraction of sp³-hybridized carbons (Fsp3) is 0. The predicted octanol–water partition coefficient (Wildman–Crippen LogP) is 24.4. The van der Waals surface area contributed by atoms with Gasteiger partial charge in [-0.15, -0.1) is 0 Å². The minimum absolute atomic E-state index is 0.580. The zero-order valence-corrected chi connectivity index (χ0v) is 55.2. The van der Waals surface area contributed by atoms with Crippen LogP contribution in [0.25, 0.3) is 188 Å². The molecule has 5 aromatic heterocycles. The first-order valence-electron chi connectivity index (χ1n) is 34.6. The summed E-state index contributed by atoms with van der Waals surface area (Å²) in [5.41, 5.74) is 27.8. The van der Waals surface area contributed by atoms with Crippen molar-refractivity contribution in [3.05, 3.63) is 363 Å². The third kappa shape index (κ3) is 9.65. The van der Waals surface area contributed by atoms with Crippen LogP contribution in [-0.4, -0.2) is 28.2 Å². The van der Waals surface area contributed by atoms with E-state index >= 15 is 0 Å². The molecule has 0 saturated heterocycles. The van der Waals surface area contributed by atoms with Crippen LogP contribution in [0.3, 0.4) is 0 Å². The Kier molecular flexibility index (Phi) is 13.5. The minimum Gasteiger partial charge on any atom is -0.309 e. The molecule has 0 aliphatic rings. The van der Waals surface area contributed by atoms with Gasteiger partial charge >= 0.3 is 0 Å². The number of nitrogens with zero attached hydrogens (tertiary/aromatic N) is 7. The molecule has 0 amide bonds. The summed E-state index contributed by atoms with van der Waals surface area (Å²) in [5, 5.41) is 19.5. The van der Waals surface area contributed by atoms with Crippen LogP contribution < -0.4 is 0 Å². The van der Waals surface area contributed by atoms with Crippen LogP contribution in [0.4, 0.5) is 0 Å². The van der Waals surface area contributed by atoms with Gasteiger partial charge in [0, 0.05) is 82.5 Å². The Morgan fingerprint density at radius 3 is 0.922 bits per heavy atom. The van der Waals surface area contributed by atoms with Crippen LogP contribution in [0.2, 0.25) is 0 Å². The topological polar surface area (TPSA) is 69.3 Å². The standard InChI is InChI=1S/C95H59N7/c96-60-61-33-35-66(36-34-61)95-97-85(64-41-37-62(38-42-64)67-17-15-23-75(53-67)101-89-31-13-9-27-79(89)83-55-69(47-51-91(83)101)71-45-49-81-77-25-7-11-29-87(77)99(93(81)57-71)73-19-3-1-4-20-73)59-86(98-95)65-43-39-63(40-44-65)68-18-16-24-76(54-68)102-90-32-14-10-28-80(90)84-56-70(48-52-92(84)102)72-46-50-82-78-26-8-12-30-88(78)100(94(82)58-72)74-21-5-2-6-22-74/h1-59H. The zero-order chi connectivity index (χ0) is 67.4. The van der Waals surface area contributed by atoms with Crippen LogP contribution in [-0.2, 0) is 0 Å². The summed E-state index contributed by atoms with van der Waals surface area (Å²) >= 11 is 0. The summed E-state index contributed by atoms with van der Waals surface area (Å²) in [4.78, 5) is 10.4. The van der Waals surface area contributed by atoms with Gasteiger partial charge in [-0.25, -0.2) is 9.97 Å². The lowest BCUT2D eigenvalue weighted by Gasteiger charge is -2.13. The van der Waals surface area contributed by atoms with E-state index in [1.165, 1.54) is 87.4 Å². The lowest BCUT2D eigenvalue weighted by molar-refractivity contribution is 1.18. The monoisotopic (exact) mass is 1300 g/mol.